The molecule has 0 aliphatic carbocycles. The van der Waals surface area contributed by atoms with E-state index >= 15 is 0 Å². The zero-order valence-corrected chi connectivity index (χ0v) is 14.6. The summed E-state index contributed by atoms with van der Waals surface area (Å²) in [6, 6.07) is 0. The largest absolute Gasteiger partial charge is 0.432 e. The number of ether oxygens (including phenoxy) is 1. The van der Waals surface area contributed by atoms with Gasteiger partial charge in [0.2, 0.25) is 0 Å². The molecule has 0 radical (unpaired) electrons. The molecule has 0 spiro atoms. The normalized spacial score (nSPS) is 27.4. The number of amides is 1. The molecule has 146 valence electrons. The molecule has 13 nitrogen and oxygen atoms in total. The molecule has 2 aromatic rings. The number of carbonyl (C=O) groups excluding carboxylic acids is 1. The van der Waals surface area contributed by atoms with Gasteiger partial charge in [0.15, 0.2) is 17.7 Å². The van der Waals surface area contributed by atoms with Crippen LogP contribution in [-0.2, 0) is 18.6 Å². The lowest BCUT2D eigenvalue weighted by Crippen LogP contribution is -2.34. The molecule has 0 saturated carbocycles. The Kier molecular flexibility index (Phi) is 5.24. The fourth-order valence-electron chi connectivity index (χ4n) is 2.54. The van der Waals surface area contributed by atoms with E-state index in [4.69, 9.17) is 15.0 Å². The molecule has 1 amide bonds. The number of anilines is 1. The van der Waals surface area contributed by atoms with Crippen LogP contribution in [0.5, 0.6) is 0 Å². The minimum Gasteiger partial charge on any atom is -0.387 e. The van der Waals surface area contributed by atoms with Crippen LogP contribution in [0.3, 0.4) is 0 Å². The fraction of sp³-hybridized carbons (Fsp3) is 0.385. The molecular weight excluding hydrogens is 383 g/mol. The van der Waals surface area contributed by atoms with Crippen LogP contribution < -0.4 is 10.8 Å². The van der Waals surface area contributed by atoms with E-state index in [2.05, 4.69) is 21.5 Å². The van der Waals surface area contributed by atoms with Gasteiger partial charge in [-0.1, -0.05) is 6.58 Å². The molecule has 6 N–H and O–H groups in total. The highest BCUT2D eigenvalue weighted by Crippen LogP contribution is 2.39. The van der Waals surface area contributed by atoms with E-state index in [1.54, 1.807) is 5.09 Å². The first-order valence-corrected chi connectivity index (χ1v) is 9.18. The molecule has 0 bridgehead atoms. The van der Waals surface area contributed by atoms with Gasteiger partial charge >= 0.3 is 7.75 Å². The molecule has 1 aliphatic heterocycles. The van der Waals surface area contributed by atoms with E-state index in [0.717, 1.165) is 6.08 Å². The number of nitrogens with one attached hydrogen (secondary N) is 1. The molecule has 27 heavy (non-hydrogen) atoms. The predicted octanol–water partition coefficient (Wildman–Crippen LogP) is -1.55. The first-order valence-electron chi connectivity index (χ1n) is 7.60. The molecule has 1 saturated heterocycles. The summed E-state index contributed by atoms with van der Waals surface area (Å²) in [5.41, 5.74) is 6.26. The van der Waals surface area contributed by atoms with Gasteiger partial charge in [0, 0.05) is 0 Å². The quantitative estimate of drug-likeness (QED) is 0.278. The van der Waals surface area contributed by atoms with Crippen molar-refractivity contribution in [1.29, 1.82) is 0 Å². The van der Waals surface area contributed by atoms with Crippen molar-refractivity contribution in [3.63, 3.8) is 0 Å². The van der Waals surface area contributed by atoms with Gasteiger partial charge in [-0.15, -0.1) is 0 Å². The summed E-state index contributed by atoms with van der Waals surface area (Å²) < 4.78 is 23.4. The number of nitrogens with two attached hydrogens (primary N) is 1. The van der Waals surface area contributed by atoms with Crippen LogP contribution in [0.2, 0.25) is 0 Å². The average molecular weight is 400 g/mol. The number of hydrogen-bond acceptors (Lipinski definition) is 10. The van der Waals surface area contributed by atoms with Crippen molar-refractivity contribution in [2.45, 2.75) is 24.5 Å². The Morgan fingerprint density at radius 1 is 1.44 bits per heavy atom. The second-order valence-electron chi connectivity index (χ2n) is 5.63. The number of nitrogen functional groups attached to an aromatic ring is 1. The fourth-order valence-corrected chi connectivity index (χ4v) is 3.33. The van der Waals surface area contributed by atoms with Crippen LogP contribution in [0.15, 0.2) is 25.3 Å². The van der Waals surface area contributed by atoms with E-state index in [0.29, 0.717) is 0 Å². The lowest BCUT2D eigenvalue weighted by Gasteiger charge is -2.17. The second-order valence-corrected chi connectivity index (χ2v) is 7.15. The van der Waals surface area contributed by atoms with E-state index in [1.165, 1.54) is 17.2 Å². The minimum absolute atomic E-state index is 0.130. The van der Waals surface area contributed by atoms with Gasteiger partial charge < -0.3 is 25.6 Å². The zero-order valence-electron chi connectivity index (χ0n) is 13.7. The number of imidazole rings is 1. The van der Waals surface area contributed by atoms with Crippen molar-refractivity contribution in [1.82, 2.24) is 24.6 Å². The smallest absolute Gasteiger partial charge is 0.387 e. The molecule has 14 heteroatoms. The van der Waals surface area contributed by atoms with Gasteiger partial charge in [-0.25, -0.2) is 19.5 Å². The molecule has 0 aromatic carbocycles. The van der Waals surface area contributed by atoms with Gasteiger partial charge in [0.25, 0.3) is 5.91 Å². The number of nitrogens with zero attached hydrogens (tertiary/aromatic N) is 4. The zero-order chi connectivity index (χ0) is 19.8. The van der Waals surface area contributed by atoms with Crippen molar-refractivity contribution in [3.05, 3.63) is 25.3 Å². The summed E-state index contributed by atoms with van der Waals surface area (Å²) in [6.07, 6.45) is -1.81. The van der Waals surface area contributed by atoms with Crippen LogP contribution in [-0.4, -0.2) is 65.5 Å². The number of fused-ring (bicyclic) bond motifs is 1. The van der Waals surface area contributed by atoms with Gasteiger partial charge in [0.1, 0.15) is 30.2 Å². The molecule has 1 aliphatic rings. The second kappa shape index (κ2) is 7.31. The molecule has 5 atom stereocenters. The molecular formula is C13H17N6O7P. The van der Waals surface area contributed by atoms with Crippen LogP contribution in [0.1, 0.15) is 6.23 Å². The van der Waals surface area contributed by atoms with E-state index in [1.807, 2.05) is 0 Å². The Bertz CT molecular complexity index is 920. The number of rotatable bonds is 6. The Labute approximate surface area is 152 Å². The monoisotopic (exact) mass is 400 g/mol. The number of aliphatic hydroxyl groups is 2. The van der Waals surface area contributed by atoms with Gasteiger partial charge in [0.05, 0.1) is 12.9 Å². The van der Waals surface area contributed by atoms with Crippen LogP contribution in [0.4, 0.5) is 5.82 Å². The molecule has 1 unspecified atom stereocenters. The maximum absolute atomic E-state index is 11.8. The molecule has 3 heterocycles. The number of aliphatic hydroxyl groups excluding tert-OH is 2. The number of carbonyl (C=O) groups is 1. The molecule has 1 fully saturated rings. The third-order valence-electron chi connectivity index (χ3n) is 3.85. The number of aromatic nitrogens is 4. The van der Waals surface area contributed by atoms with Gasteiger partial charge in [-0.3, -0.25) is 19.0 Å². The SMILES string of the molecule is C=CC(=O)NP(=O)(O)OC[C@H]1O[C@@H](n2cnc3c(N)ncnc32)[C@H](O)[C@@H]1O. The Morgan fingerprint density at radius 3 is 2.89 bits per heavy atom. The van der Waals surface area contributed by atoms with E-state index < -0.39 is 44.8 Å². The maximum atomic E-state index is 11.8. The van der Waals surface area contributed by atoms with E-state index in [9.17, 15) is 24.5 Å². The van der Waals surface area contributed by atoms with Crippen LogP contribution in [0, 0.1) is 0 Å². The molecule has 3 rings (SSSR count). The Balaban J connectivity index is 1.74. The van der Waals surface area contributed by atoms with Crippen molar-refractivity contribution in [2.75, 3.05) is 12.3 Å². The highest BCUT2D eigenvalue weighted by atomic mass is 31.2. The van der Waals surface area contributed by atoms with Crippen molar-refractivity contribution >= 4 is 30.6 Å². The third-order valence-corrected chi connectivity index (χ3v) is 4.85. The van der Waals surface area contributed by atoms with Crippen molar-refractivity contribution in [2.24, 2.45) is 0 Å². The Morgan fingerprint density at radius 2 is 2.19 bits per heavy atom. The lowest BCUT2D eigenvalue weighted by molar-refractivity contribution is -0.115. The summed E-state index contributed by atoms with van der Waals surface area (Å²) in [5.74, 6) is -0.778. The average Bonchev–Trinajstić information content (AvgIpc) is 3.16. The van der Waals surface area contributed by atoms with Gasteiger partial charge in [-0.2, -0.15) is 0 Å². The summed E-state index contributed by atoms with van der Waals surface area (Å²) in [4.78, 5) is 32.5. The standard InChI is InChI=1S/C13H17N6O7P/c1-2-7(20)18-27(23,24)25-3-6-9(21)10(22)13(26-6)19-5-17-8-11(14)15-4-16-12(8)19/h2,4-6,9-10,13,21-22H,1,3H2,(H2,14,15,16)(H2,18,20,23,24)/t6-,9-,10-,13-/m1/s1. The maximum Gasteiger partial charge on any atom is 0.432 e. The topological polar surface area (TPSA) is 195 Å². The molecule has 2 aromatic heterocycles. The van der Waals surface area contributed by atoms with E-state index in [-0.39, 0.29) is 17.0 Å². The first kappa shape index (κ1) is 19.4. The van der Waals surface area contributed by atoms with Crippen molar-refractivity contribution < 1.29 is 33.7 Å². The van der Waals surface area contributed by atoms with Gasteiger partial charge in [-0.05, 0) is 6.08 Å². The number of hydrogen-bond donors (Lipinski definition) is 5. The minimum atomic E-state index is -4.49. The summed E-state index contributed by atoms with van der Waals surface area (Å²) in [5, 5.41) is 22.1. The first-order chi connectivity index (χ1) is 12.7. The summed E-state index contributed by atoms with van der Waals surface area (Å²) >= 11 is 0. The highest BCUT2D eigenvalue weighted by Gasteiger charge is 2.45. The third kappa shape index (κ3) is 3.83. The predicted molar refractivity (Wildman–Crippen MR) is 89.8 cm³/mol. The Hall–Kier alpha value is -2.41. The summed E-state index contributed by atoms with van der Waals surface area (Å²) in [7, 11) is -4.49. The van der Waals surface area contributed by atoms with Crippen LogP contribution in [0.25, 0.3) is 11.2 Å². The van der Waals surface area contributed by atoms with Crippen molar-refractivity contribution in [3.8, 4) is 0 Å². The van der Waals surface area contributed by atoms with Crippen LogP contribution >= 0.6 is 7.75 Å². The lowest BCUT2D eigenvalue weighted by atomic mass is 10.1. The summed E-state index contributed by atoms with van der Waals surface area (Å²) in [6.45, 7) is 2.57. The highest BCUT2D eigenvalue weighted by molar-refractivity contribution is 7.51.